The summed E-state index contributed by atoms with van der Waals surface area (Å²) in [5, 5.41) is 3.57. The molecule has 0 radical (unpaired) electrons. The van der Waals surface area contributed by atoms with E-state index in [1.807, 2.05) is 24.3 Å². The third kappa shape index (κ3) is 4.12. The van der Waals surface area contributed by atoms with E-state index in [2.05, 4.69) is 39.5 Å². The maximum absolute atomic E-state index is 12.2. The van der Waals surface area contributed by atoms with Crippen LogP contribution in [0.15, 0.2) is 66.9 Å². The molecule has 0 spiro atoms. The zero-order chi connectivity index (χ0) is 18.6. The second-order valence-electron chi connectivity index (χ2n) is 6.64. The Labute approximate surface area is 163 Å². The van der Waals surface area contributed by atoms with E-state index in [1.165, 1.54) is 11.3 Å². The zero-order valence-electron chi connectivity index (χ0n) is 14.9. The Hall–Kier alpha value is -2.85. The van der Waals surface area contributed by atoms with E-state index >= 15 is 0 Å². The van der Waals surface area contributed by atoms with Gasteiger partial charge in [0.15, 0.2) is 0 Å². The number of aromatic nitrogens is 1. The number of carbonyl (C=O) groups excluding carboxylic acids is 1. The maximum atomic E-state index is 12.2. The summed E-state index contributed by atoms with van der Waals surface area (Å²) in [5.74, 6) is 0.827. The fourth-order valence-corrected chi connectivity index (χ4v) is 3.51. The smallest absolute Gasteiger partial charge is 0.228 e. The standard InChI is InChI=1S/C22H20ClN3O/c23-18-9-7-16(8-10-18)14-22(27)25-19-11-12-21(24-15-19)26-13-3-5-17-4-1-2-6-20(17)26/h1-2,4,6-12,15H,3,5,13-14H2,(H,25,27). The Balaban J connectivity index is 1.44. The predicted octanol–water partition coefficient (Wildman–Crippen LogP) is 5.00. The van der Waals surface area contributed by atoms with Crippen molar-refractivity contribution in [3.05, 3.63) is 83.0 Å². The Bertz CT molecular complexity index is 939. The quantitative estimate of drug-likeness (QED) is 0.695. The van der Waals surface area contributed by atoms with Crippen LogP contribution in [0.1, 0.15) is 17.5 Å². The molecule has 27 heavy (non-hydrogen) atoms. The first kappa shape index (κ1) is 17.6. The minimum atomic E-state index is -0.0739. The number of aryl methyl sites for hydroxylation is 1. The molecule has 1 aromatic heterocycles. The van der Waals surface area contributed by atoms with Gasteiger partial charge in [-0.1, -0.05) is 41.9 Å². The van der Waals surface area contributed by atoms with Gasteiger partial charge < -0.3 is 10.2 Å². The highest BCUT2D eigenvalue weighted by atomic mass is 35.5. The average molecular weight is 378 g/mol. The number of hydrogen-bond donors (Lipinski definition) is 1. The third-order valence-corrected chi connectivity index (χ3v) is 4.95. The van der Waals surface area contributed by atoms with Crippen molar-refractivity contribution in [2.24, 2.45) is 0 Å². The lowest BCUT2D eigenvalue weighted by Crippen LogP contribution is -2.25. The summed E-state index contributed by atoms with van der Waals surface area (Å²) in [7, 11) is 0. The fraction of sp³-hybridized carbons (Fsp3) is 0.182. The highest BCUT2D eigenvalue weighted by molar-refractivity contribution is 6.30. The van der Waals surface area contributed by atoms with E-state index in [1.54, 1.807) is 18.3 Å². The lowest BCUT2D eigenvalue weighted by Gasteiger charge is -2.30. The average Bonchev–Trinajstić information content (AvgIpc) is 2.70. The number of pyridine rings is 1. The first-order chi connectivity index (χ1) is 13.2. The van der Waals surface area contributed by atoms with Crippen molar-refractivity contribution < 1.29 is 4.79 Å². The highest BCUT2D eigenvalue weighted by Crippen LogP contribution is 2.32. The second kappa shape index (κ2) is 7.80. The lowest BCUT2D eigenvalue weighted by molar-refractivity contribution is -0.115. The van der Waals surface area contributed by atoms with Gasteiger partial charge in [0.05, 0.1) is 18.3 Å². The summed E-state index contributed by atoms with van der Waals surface area (Å²) in [5.41, 5.74) is 4.19. The summed E-state index contributed by atoms with van der Waals surface area (Å²) in [4.78, 5) is 19.0. The van der Waals surface area contributed by atoms with Gasteiger partial charge in [-0.05, 0) is 54.3 Å². The second-order valence-corrected chi connectivity index (χ2v) is 7.08. The van der Waals surface area contributed by atoms with Gasteiger partial charge in [0.2, 0.25) is 5.91 Å². The minimum absolute atomic E-state index is 0.0739. The van der Waals surface area contributed by atoms with Gasteiger partial charge in [0.25, 0.3) is 0 Å². The van der Waals surface area contributed by atoms with Crippen molar-refractivity contribution in [2.45, 2.75) is 19.3 Å². The summed E-state index contributed by atoms with van der Waals surface area (Å²) >= 11 is 5.88. The molecule has 4 nitrogen and oxygen atoms in total. The van der Waals surface area contributed by atoms with Gasteiger partial charge in [-0.15, -0.1) is 0 Å². The molecule has 1 amide bonds. The Kier molecular flexibility index (Phi) is 5.07. The molecule has 0 bridgehead atoms. The van der Waals surface area contributed by atoms with Crippen molar-refractivity contribution in [3.63, 3.8) is 0 Å². The molecule has 0 saturated carbocycles. The van der Waals surface area contributed by atoms with Crippen LogP contribution in [-0.4, -0.2) is 17.4 Å². The number of nitrogens with one attached hydrogen (secondary N) is 1. The molecule has 0 fully saturated rings. The van der Waals surface area contributed by atoms with Gasteiger partial charge in [0, 0.05) is 17.3 Å². The highest BCUT2D eigenvalue weighted by Gasteiger charge is 2.18. The Morgan fingerprint density at radius 1 is 1.07 bits per heavy atom. The van der Waals surface area contributed by atoms with Gasteiger partial charge in [0.1, 0.15) is 5.82 Å². The number of rotatable bonds is 4. The first-order valence-electron chi connectivity index (χ1n) is 9.05. The van der Waals surface area contributed by atoms with Gasteiger partial charge in [-0.3, -0.25) is 4.79 Å². The Morgan fingerprint density at radius 3 is 2.67 bits per heavy atom. The summed E-state index contributed by atoms with van der Waals surface area (Å²) in [6.07, 6.45) is 4.23. The van der Waals surface area contributed by atoms with E-state index < -0.39 is 0 Å². The number of amides is 1. The number of benzene rings is 2. The number of para-hydroxylation sites is 1. The molecule has 4 rings (SSSR count). The van der Waals surface area contributed by atoms with E-state index in [4.69, 9.17) is 11.6 Å². The third-order valence-electron chi connectivity index (χ3n) is 4.70. The topological polar surface area (TPSA) is 45.2 Å². The minimum Gasteiger partial charge on any atom is -0.326 e. The van der Waals surface area contributed by atoms with Crippen LogP contribution in [0.2, 0.25) is 5.02 Å². The molecule has 2 aromatic carbocycles. The molecule has 136 valence electrons. The molecular weight excluding hydrogens is 358 g/mol. The molecule has 1 aliphatic heterocycles. The van der Waals surface area contributed by atoms with Crippen LogP contribution in [-0.2, 0) is 17.6 Å². The van der Waals surface area contributed by atoms with Crippen LogP contribution in [0.25, 0.3) is 0 Å². The molecule has 1 aliphatic rings. The van der Waals surface area contributed by atoms with Crippen LogP contribution >= 0.6 is 11.6 Å². The van der Waals surface area contributed by atoms with E-state index in [0.717, 1.165) is 30.8 Å². The van der Waals surface area contributed by atoms with Crippen molar-refractivity contribution in [1.29, 1.82) is 0 Å². The largest absolute Gasteiger partial charge is 0.326 e. The maximum Gasteiger partial charge on any atom is 0.228 e. The number of fused-ring (bicyclic) bond motifs is 1. The number of carbonyl (C=O) groups is 1. The van der Waals surface area contributed by atoms with Crippen LogP contribution in [0.4, 0.5) is 17.2 Å². The zero-order valence-corrected chi connectivity index (χ0v) is 15.6. The van der Waals surface area contributed by atoms with Crippen LogP contribution in [0.3, 0.4) is 0 Å². The van der Waals surface area contributed by atoms with Gasteiger partial charge >= 0.3 is 0 Å². The van der Waals surface area contributed by atoms with Crippen LogP contribution in [0, 0.1) is 0 Å². The van der Waals surface area contributed by atoms with Crippen molar-refractivity contribution >= 4 is 34.7 Å². The summed E-state index contributed by atoms with van der Waals surface area (Å²) in [6, 6.07) is 19.6. The molecule has 5 heteroatoms. The molecule has 2 heterocycles. The molecule has 0 saturated heterocycles. The predicted molar refractivity (Wildman–Crippen MR) is 110 cm³/mol. The Morgan fingerprint density at radius 2 is 1.89 bits per heavy atom. The van der Waals surface area contributed by atoms with Gasteiger partial charge in [-0.2, -0.15) is 0 Å². The SMILES string of the molecule is O=C(Cc1ccc(Cl)cc1)Nc1ccc(N2CCCc3ccccc32)nc1. The molecular formula is C22H20ClN3O. The number of anilines is 3. The lowest BCUT2D eigenvalue weighted by atomic mass is 10.0. The summed E-state index contributed by atoms with van der Waals surface area (Å²) < 4.78 is 0. The number of nitrogens with zero attached hydrogens (tertiary/aromatic N) is 2. The normalized spacial score (nSPS) is 13.1. The molecule has 3 aromatic rings. The van der Waals surface area contributed by atoms with Crippen LogP contribution < -0.4 is 10.2 Å². The van der Waals surface area contributed by atoms with Crippen molar-refractivity contribution in [1.82, 2.24) is 4.98 Å². The molecule has 0 aliphatic carbocycles. The van der Waals surface area contributed by atoms with Gasteiger partial charge in [-0.25, -0.2) is 4.98 Å². The van der Waals surface area contributed by atoms with E-state index in [9.17, 15) is 4.79 Å². The fourth-order valence-electron chi connectivity index (χ4n) is 3.38. The first-order valence-corrected chi connectivity index (χ1v) is 9.43. The molecule has 0 atom stereocenters. The van der Waals surface area contributed by atoms with Crippen molar-refractivity contribution in [3.8, 4) is 0 Å². The monoisotopic (exact) mass is 377 g/mol. The number of halogens is 1. The van der Waals surface area contributed by atoms with Crippen molar-refractivity contribution in [2.75, 3.05) is 16.8 Å². The summed E-state index contributed by atoms with van der Waals surface area (Å²) in [6.45, 7) is 0.951. The van der Waals surface area contributed by atoms with Crippen LogP contribution in [0.5, 0.6) is 0 Å². The van der Waals surface area contributed by atoms with E-state index in [-0.39, 0.29) is 5.91 Å². The molecule has 0 unspecified atom stereocenters. The van der Waals surface area contributed by atoms with E-state index in [0.29, 0.717) is 17.1 Å². The number of hydrogen-bond acceptors (Lipinski definition) is 3. The molecule has 1 N–H and O–H groups in total.